The predicted molar refractivity (Wildman–Crippen MR) is 292 cm³/mol. The van der Waals surface area contributed by atoms with Gasteiger partial charge in [-0.2, -0.15) is 0 Å². The van der Waals surface area contributed by atoms with E-state index in [9.17, 15) is 19.8 Å². The summed E-state index contributed by atoms with van der Waals surface area (Å²) in [5, 5.41) is 23.3. The molecule has 394 valence electrons. The van der Waals surface area contributed by atoms with E-state index >= 15 is 0 Å². The molecule has 0 spiro atoms. The third-order valence-electron chi connectivity index (χ3n) is 13.7. The summed E-state index contributed by atoms with van der Waals surface area (Å²) in [5.41, 5.74) is 0. The van der Waals surface area contributed by atoms with E-state index in [1.165, 1.54) is 205 Å². The highest BCUT2D eigenvalue weighted by Crippen LogP contribution is 2.17. The Morgan fingerprint density at radius 2 is 0.746 bits per heavy atom. The van der Waals surface area contributed by atoms with E-state index < -0.39 is 12.1 Å². The summed E-state index contributed by atoms with van der Waals surface area (Å²) in [6.45, 7) is 4.91. The fourth-order valence-corrected chi connectivity index (χ4v) is 9.10. The van der Waals surface area contributed by atoms with Crippen LogP contribution in [-0.4, -0.2) is 47.4 Å². The number of ether oxygens (including phenoxy) is 1. The first-order valence-corrected chi connectivity index (χ1v) is 29.8. The van der Waals surface area contributed by atoms with Gasteiger partial charge in [-0.25, -0.2) is 0 Å². The third-order valence-corrected chi connectivity index (χ3v) is 13.7. The normalized spacial score (nSPS) is 12.8. The SMILES string of the molecule is CCCCCCCCC/C=C\CCCCCCCCCC(=O)OCCCCC/C=C\C=C/CCCCCCCCC(=O)NC(CO)C(O)CCCCCCCCCCCCCCCCCCC. The summed E-state index contributed by atoms with van der Waals surface area (Å²) >= 11 is 0. The van der Waals surface area contributed by atoms with Crippen molar-refractivity contribution in [1.82, 2.24) is 5.32 Å². The van der Waals surface area contributed by atoms with Crippen LogP contribution in [0.4, 0.5) is 0 Å². The first-order chi connectivity index (χ1) is 33.0. The molecule has 0 rings (SSSR count). The van der Waals surface area contributed by atoms with Crippen molar-refractivity contribution in [2.45, 2.75) is 328 Å². The molecule has 0 aliphatic carbocycles. The highest BCUT2D eigenvalue weighted by molar-refractivity contribution is 5.76. The Labute approximate surface area is 417 Å². The smallest absolute Gasteiger partial charge is 0.305 e. The minimum Gasteiger partial charge on any atom is -0.466 e. The van der Waals surface area contributed by atoms with Gasteiger partial charge in [0.1, 0.15) is 0 Å². The molecule has 2 unspecified atom stereocenters. The van der Waals surface area contributed by atoms with Crippen LogP contribution in [0.25, 0.3) is 0 Å². The van der Waals surface area contributed by atoms with E-state index in [-0.39, 0.29) is 18.5 Å². The molecule has 0 aliphatic rings. The van der Waals surface area contributed by atoms with Crippen LogP contribution < -0.4 is 5.32 Å². The molecule has 0 radical (unpaired) electrons. The van der Waals surface area contributed by atoms with Crippen molar-refractivity contribution in [3.63, 3.8) is 0 Å². The Morgan fingerprint density at radius 1 is 0.418 bits per heavy atom. The number of amides is 1. The first-order valence-electron chi connectivity index (χ1n) is 29.8. The number of nitrogens with one attached hydrogen (secondary N) is 1. The van der Waals surface area contributed by atoms with Crippen LogP contribution in [0.1, 0.15) is 316 Å². The van der Waals surface area contributed by atoms with Crippen LogP contribution in [0.15, 0.2) is 36.5 Å². The molecule has 6 heteroatoms. The van der Waals surface area contributed by atoms with E-state index in [0.29, 0.717) is 25.9 Å². The minimum absolute atomic E-state index is 0.0243. The lowest BCUT2D eigenvalue weighted by Crippen LogP contribution is -2.45. The van der Waals surface area contributed by atoms with Crippen molar-refractivity contribution in [3.8, 4) is 0 Å². The second-order valence-electron chi connectivity index (χ2n) is 20.4. The van der Waals surface area contributed by atoms with Crippen molar-refractivity contribution in [2.75, 3.05) is 13.2 Å². The monoisotopic (exact) mass is 942 g/mol. The largest absolute Gasteiger partial charge is 0.466 e. The summed E-state index contributed by atoms with van der Waals surface area (Å²) in [5.74, 6) is -0.0805. The summed E-state index contributed by atoms with van der Waals surface area (Å²) in [7, 11) is 0. The fraction of sp³-hybridized carbons (Fsp3) is 0.869. The third kappa shape index (κ3) is 53.3. The second kappa shape index (κ2) is 56.7. The highest BCUT2D eigenvalue weighted by Gasteiger charge is 2.20. The maximum Gasteiger partial charge on any atom is 0.305 e. The first kappa shape index (κ1) is 65.1. The molecule has 0 aromatic heterocycles. The number of hydrogen-bond donors (Lipinski definition) is 3. The molecule has 67 heavy (non-hydrogen) atoms. The zero-order valence-electron chi connectivity index (χ0n) is 44.9. The van der Waals surface area contributed by atoms with Crippen LogP contribution in [0.2, 0.25) is 0 Å². The quantitative estimate of drug-likeness (QED) is 0.0244. The zero-order chi connectivity index (χ0) is 48.6. The molecule has 0 aromatic carbocycles. The van der Waals surface area contributed by atoms with E-state index in [1.807, 2.05) is 0 Å². The zero-order valence-corrected chi connectivity index (χ0v) is 44.9. The van der Waals surface area contributed by atoms with Gasteiger partial charge in [-0.15, -0.1) is 0 Å². The van der Waals surface area contributed by atoms with Gasteiger partial charge in [-0.1, -0.05) is 256 Å². The number of aliphatic hydroxyl groups is 2. The average molecular weight is 943 g/mol. The van der Waals surface area contributed by atoms with Crippen LogP contribution in [0.5, 0.6) is 0 Å². The molecule has 0 saturated heterocycles. The summed E-state index contributed by atoms with van der Waals surface area (Å²) in [6.07, 6.45) is 69.9. The molecule has 2 atom stereocenters. The Hall–Kier alpha value is -1.92. The van der Waals surface area contributed by atoms with Gasteiger partial charge >= 0.3 is 5.97 Å². The lowest BCUT2D eigenvalue weighted by atomic mass is 10.0. The number of aliphatic hydroxyl groups excluding tert-OH is 2. The van der Waals surface area contributed by atoms with Crippen LogP contribution in [0, 0.1) is 0 Å². The van der Waals surface area contributed by atoms with E-state index in [0.717, 1.165) is 77.0 Å². The number of carbonyl (C=O) groups is 2. The van der Waals surface area contributed by atoms with Crippen molar-refractivity contribution in [3.05, 3.63) is 36.5 Å². The van der Waals surface area contributed by atoms with Gasteiger partial charge in [-0.3, -0.25) is 9.59 Å². The Bertz CT molecular complexity index is 1090. The van der Waals surface area contributed by atoms with Crippen LogP contribution in [-0.2, 0) is 14.3 Å². The topological polar surface area (TPSA) is 95.9 Å². The summed E-state index contributed by atoms with van der Waals surface area (Å²) < 4.78 is 5.46. The Kier molecular flexibility index (Phi) is 55.0. The average Bonchev–Trinajstić information content (AvgIpc) is 3.33. The molecule has 1 amide bonds. The van der Waals surface area contributed by atoms with Gasteiger partial charge in [0.25, 0.3) is 0 Å². The minimum atomic E-state index is -0.679. The van der Waals surface area contributed by atoms with Crippen molar-refractivity contribution in [1.29, 1.82) is 0 Å². The van der Waals surface area contributed by atoms with E-state index in [2.05, 4.69) is 55.6 Å². The van der Waals surface area contributed by atoms with Gasteiger partial charge in [0.05, 0.1) is 25.4 Å². The van der Waals surface area contributed by atoms with Gasteiger partial charge in [0.15, 0.2) is 0 Å². The molecular weight excluding hydrogens is 827 g/mol. The standard InChI is InChI=1S/C61H115NO5/c1-3-5-7-9-11-13-15-17-19-21-23-27-31-35-39-43-47-51-55-61(66)67-56-52-48-44-40-36-32-28-24-26-30-34-38-42-46-50-54-60(65)62-58(57-63)59(64)53-49-45-41-37-33-29-25-22-20-18-16-14-12-10-8-6-4-2/h19,21,24,28,32,36,58-59,63-64H,3-18,20,22-23,25-27,29-31,33-35,37-57H2,1-2H3,(H,62,65)/b21-19-,28-24-,36-32-. The number of rotatable bonds is 55. The van der Waals surface area contributed by atoms with Crippen molar-refractivity contribution >= 4 is 11.9 Å². The molecule has 6 nitrogen and oxygen atoms in total. The number of carbonyl (C=O) groups excluding carboxylic acids is 2. The number of unbranched alkanes of at least 4 members (excludes halogenated alkanes) is 39. The van der Waals surface area contributed by atoms with E-state index in [1.54, 1.807) is 0 Å². The molecule has 0 aliphatic heterocycles. The Balaban J connectivity index is 3.51. The molecule has 0 aromatic rings. The van der Waals surface area contributed by atoms with Gasteiger partial charge in [-0.05, 0) is 83.5 Å². The van der Waals surface area contributed by atoms with Gasteiger partial charge in [0.2, 0.25) is 5.91 Å². The lowest BCUT2D eigenvalue weighted by molar-refractivity contribution is -0.143. The lowest BCUT2D eigenvalue weighted by Gasteiger charge is -2.22. The van der Waals surface area contributed by atoms with Gasteiger partial charge in [0, 0.05) is 12.8 Å². The molecule has 0 fully saturated rings. The predicted octanol–water partition coefficient (Wildman–Crippen LogP) is 18.4. The number of hydrogen-bond acceptors (Lipinski definition) is 5. The number of allylic oxidation sites excluding steroid dienone is 6. The summed E-state index contributed by atoms with van der Waals surface area (Å²) in [4.78, 5) is 24.6. The molecule has 0 bridgehead atoms. The molecule has 0 saturated carbocycles. The van der Waals surface area contributed by atoms with Crippen molar-refractivity contribution in [2.24, 2.45) is 0 Å². The molecular formula is C61H115NO5. The van der Waals surface area contributed by atoms with Gasteiger partial charge < -0.3 is 20.3 Å². The molecule has 3 N–H and O–H groups in total. The Morgan fingerprint density at radius 3 is 1.15 bits per heavy atom. The molecule has 0 heterocycles. The number of esters is 1. The fourth-order valence-electron chi connectivity index (χ4n) is 9.10. The summed E-state index contributed by atoms with van der Waals surface area (Å²) in [6, 6.07) is -0.559. The van der Waals surface area contributed by atoms with Crippen molar-refractivity contribution < 1.29 is 24.5 Å². The van der Waals surface area contributed by atoms with Crippen LogP contribution in [0.3, 0.4) is 0 Å². The van der Waals surface area contributed by atoms with Crippen LogP contribution >= 0.6 is 0 Å². The second-order valence-corrected chi connectivity index (χ2v) is 20.4. The maximum absolute atomic E-state index is 12.5. The van der Waals surface area contributed by atoms with E-state index in [4.69, 9.17) is 4.74 Å². The maximum atomic E-state index is 12.5. The highest BCUT2D eigenvalue weighted by atomic mass is 16.5.